The van der Waals surface area contributed by atoms with Crippen molar-refractivity contribution < 1.29 is 14.3 Å². The number of likely N-dealkylation sites (tertiary alicyclic amines) is 1. The Kier molecular flexibility index (Phi) is 5.56. The summed E-state index contributed by atoms with van der Waals surface area (Å²) in [5, 5.41) is 3.02. The Morgan fingerprint density at radius 1 is 1.19 bits per heavy atom. The summed E-state index contributed by atoms with van der Waals surface area (Å²) in [5.41, 5.74) is 2.00. The molecule has 1 fully saturated rings. The van der Waals surface area contributed by atoms with Crippen LogP contribution in [0.2, 0.25) is 0 Å². The van der Waals surface area contributed by atoms with Crippen LogP contribution in [0.15, 0.2) is 54.6 Å². The maximum atomic E-state index is 12.6. The fraction of sp³-hybridized carbons (Fsp3) is 0.333. The zero-order valence-corrected chi connectivity index (χ0v) is 15.1. The molecule has 2 aromatic rings. The quantitative estimate of drug-likeness (QED) is 0.870. The molecule has 0 bridgehead atoms. The van der Waals surface area contributed by atoms with Gasteiger partial charge in [-0.15, -0.1) is 0 Å². The molecule has 2 atom stereocenters. The molecule has 136 valence electrons. The van der Waals surface area contributed by atoms with Crippen molar-refractivity contribution in [2.75, 3.05) is 13.7 Å². The van der Waals surface area contributed by atoms with Crippen LogP contribution in [0.1, 0.15) is 30.5 Å². The number of carbonyl (C=O) groups is 2. The third kappa shape index (κ3) is 4.04. The largest absolute Gasteiger partial charge is 0.496 e. The highest BCUT2D eigenvalue weighted by Gasteiger charge is 2.34. The number of nitrogens with one attached hydrogen (secondary N) is 1. The summed E-state index contributed by atoms with van der Waals surface area (Å²) in [6, 6.07) is 17.3. The predicted octanol–water partition coefficient (Wildman–Crippen LogP) is 2.92. The molecule has 1 aliphatic heterocycles. The van der Waals surface area contributed by atoms with Gasteiger partial charge in [0.2, 0.25) is 11.8 Å². The van der Waals surface area contributed by atoms with E-state index in [1.165, 1.54) is 0 Å². The number of hydrogen-bond acceptors (Lipinski definition) is 3. The summed E-state index contributed by atoms with van der Waals surface area (Å²) in [7, 11) is 1.62. The molecule has 1 N–H and O–H groups in total. The van der Waals surface area contributed by atoms with Gasteiger partial charge in [-0.05, 0) is 18.6 Å². The minimum absolute atomic E-state index is 0.0268. The number of amides is 2. The van der Waals surface area contributed by atoms with Gasteiger partial charge in [0.25, 0.3) is 0 Å². The Balaban J connectivity index is 1.61. The van der Waals surface area contributed by atoms with Crippen molar-refractivity contribution in [3.05, 3.63) is 65.7 Å². The molecule has 0 aromatic heterocycles. The van der Waals surface area contributed by atoms with Crippen LogP contribution in [0.25, 0.3) is 0 Å². The zero-order chi connectivity index (χ0) is 18.5. The number of benzene rings is 2. The average molecular weight is 352 g/mol. The Hall–Kier alpha value is -2.82. The first-order valence-corrected chi connectivity index (χ1v) is 8.83. The lowest BCUT2D eigenvalue weighted by Gasteiger charge is -2.20. The molecule has 3 rings (SSSR count). The fourth-order valence-electron chi connectivity index (χ4n) is 3.34. The van der Waals surface area contributed by atoms with E-state index in [1.54, 1.807) is 12.0 Å². The standard InChI is InChI=1S/C21H24N2O3/c1-15(18-10-6-7-11-19(18)26-2)22-21(25)17-12-20(24)23(14-17)13-16-8-4-3-5-9-16/h3-11,15,17H,12-14H2,1-2H3,(H,22,25). The Bertz CT molecular complexity index is 776. The van der Waals surface area contributed by atoms with Gasteiger partial charge in [0, 0.05) is 25.1 Å². The number of nitrogens with zero attached hydrogens (tertiary/aromatic N) is 1. The van der Waals surface area contributed by atoms with Gasteiger partial charge in [-0.25, -0.2) is 0 Å². The van der Waals surface area contributed by atoms with Crippen molar-refractivity contribution in [3.63, 3.8) is 0 Å². The van der Waals surface area contributed by atoms with Gasteiger partial charge in [-0.3, -0.25) is 9.59 Å². The van der Waals surface area contributed by atoms with Gasteiger partial charge in [0.05, 0.1) is 19.1 Å². The van der Waals surface area contributed by atoms with Gasteiger partial charge in [-0.1, -0.05) is 48.5 Å². The fourth-order valence-corrected chi connectivity index (χ4v) is 3.34. The van der Waals surface area contributed by atoms with Crippen molar-refractivity contribution >= 4 is 11.8 Å². The monoisotopic (exact) mass is 352 g/mol. The number of hydrogen-bond donors (Lipinski definition) is 1. The maximum absolute atomic E-state index is 12.6. The molecule has 0 spiro atoms. The highest BCUT2D eigenvalue weighted by Crippen LogP contribution is 2.26. The summed E-state index contributed by atoms with van der Waals surface area (Å²) in [4.78, 5) is 26.7. The van der Waals surface area contributed by atoms with Gasteiger partial charge >= 0.3 is 0 Å². The van der Waals surface area contributed by atoms with E-state index in [0.717, 1.165) is 16.9 Å². The number of ether oxygens (including phenoxy) is 1. The molecule has 0 saturated carbocycles. The van der Waals surface area contributed by atoms with E-state index >= 15 is 0 Å². The lowest BCUT2D eigenvalue weighted by Crippen LogP contribution is -2.34. The zero-order valence-electron chi connectivity index (χ0n) is 15.1. The molecule has 1 heterocycles. The van der Waals surface area contributed by atoms with Crippen LogP contribution in [0, 0.1) is 5.92 Å². The number of methoxy groups -OCH3 is 1. The maximum Gasteiger partial charge on any atom is 0.225 e. The molecular weight excluding hydrogens is 328 g/mol. The van der Waals surface area contributed by atoms with E-state index in [1.807, 2.05) is 61.5 Å². The van der Waals surface area contributed by atoms with Crippen molar-refractivity contribution in [1.29, 1.82) is 0 Å². The van der Waals surface area contributed by atoms with E-state index in [4.69, 9.17) is 4.74 Å². The van der Waals surface area contributed by atoms with E-state index in [9.17, 15) is 9.59 Å². The Morgan fingerprint density at radius 2 is 1.88 bits per heavy atom. The molecule has 26 heavy (non-hydrogen) atoms. The molecular formula is C21H24N2O3. The predicted molar refractivity (Wildman–Crippen MR) is 99.5 cm³/mol. The summed E-state index contributed by atoms with van der Waals surface area (Å²) in [5.74, 6) is 0.364. The lowest BCUT2D eigenvalue weighted by atomic mass is 10.0. The first kappa shape index (κ1) is 18.0. The van der Waals surface area contributed by atoms with Crippen LogP contribution >= 0.6 is 0 Å². The second-order valence-corrected chi connectivity index (χ2v) is 6.63. The van der Waals surface area contributed by atoms with Crippen LogP contribution < -0.4 is 10.1 Å². The minimum atomic E-state index is -0.316. The van der Waals surface area contributed by atoms with Crippen LogP contribution in [0.5, 0.6) is 5.75 Å². The molecule has 0 radical (unpaired) electrons. The second-order valence-electron chi connectivity index (χ2n) is 6.63. The van der Waals surface area contributed by atoms with Crippen molar-refractivity contribution in [2.45, 2.75) is 25.9 Å². The molecule has 1 aliphatic rings. The SMILES string of the molecule is COc1ccccc1C(C)NC(=O)C1CC(=O)N(Cc2ccccc2)C1. The van der Waals surface area contributed by atoms with Crippen molar-refractivity contribution in [1.82, 2.24) is 10.2 Å². The van der Waals surface area contributed by atoms with Crippen LogP contribution in [-0.2, 0) is 16.1 Å². The van der Waals surface area contributed by atoms with Gasteiger partial charge < -0.3 is 15.0 Å². The number of rotatable bonds is 6. The van der Waals surface area contributed by atoms with Crippen molar-refractivity contribution in [2.24, 2.45) is 5.92 Å². The molecule has 2 unspecified atom stereocenters. The van der Waals surface area contributed by atoms with Crippen LogP contribution in [-0.4, -0.2) is 30.4 Å². The van der Waals surface area contributed by atoms with E-state index < -0.39 is 0 Å². The summed E-state index contributed by atoms with van der Waals surface area (Å²) >= 11 is 0. The third-order valence-electron chi connectivity index (χ3n) is 4.77. The average Bonchev–Trinajstić information content (AvgIpc) is 3.03. The van der Waals surface area contributed by atoms with Gasteiger partial charge in [-0.2, -0.15) is 0 Å². The molecule has 5 nitrogen and oxygen atoms in total. The minimum Gasteiger partial charge on any atom is -0.496 e. The van der Waals surface area contributed by atoms with Crippen LogP contribution in [0.4, 0.5) is 0 Å². The van der Waals surface area contributed by atoms with Gasteiger partial charge in [0.15, 0.2) is 0 Å². The van der Waals surface area contributed by atoms with E-state index in [0.29, 0.717) is 13.1 Å². The molecule has 2 amide bonds. The smallest absolute Gasteiger partial charge is 0.225 e. The third-order valence-corrected chi connectivity index (χ3v) is 4.77. The first-order valence-electron chi connectivity index (χ1n) is 8.83. The normalized spacial score (nSPS) is 17.8. The van der Waals surface area contributed by atoms with Crippen molar-refractivity contribution in [3.8, 4) is 5.75 Å². The summed E-state index contributed by atoms with van der Waals surface area (Å²) < 4.78 is 5.36. The number of para-hydroxylation sites is 1. The molecule has 1 saturated heterocycles. The first-order chi connectivity index (χ1) is 12.6. The van der Waals surface area contributed by atoms with Crippen LogP contribution in [0.3, 0.4) is 0 Å². The van der Waals surface area contributed by atoms with E-state index in [2.05, 4.69) is 5.32 Å². The molecule has 0 aliphatic carbocycles. The topological polar surface area (TPSA) is 58.6 Å². The summed E-state index contributed by atoms with van der Waals surface area (Å²) in [6.45, 7) is 2.93. The number of carbonyl (C=O) groups excluding carboxylic acids is 2. The van der Waals surface area contributed by atoms with Gasteiger partial charge in [0.1, 0.15) is 5.75 Å². The highest BCUT2D eigenvalue weighted by atomic mass is 16.5. The Labute approximate surface area is 154 Å². The van der Waals surface area contributed by atoms with E-state index in [-0.39, 0.29) is 30.2 Å². The molecule has 5 heteroatoms. The lowest BCUT2D eigenvalue weighted by molar-refractivity contribution is -0.129. The highest BCUT2D eigenvalue weighted by molar-refractivity contribution is 5.89. The molecule has 2 aromatic carbocycles. The Morgan fingerprint density at radius 3 is 2.62 bits per heavy atom. The summed E-state index contributed by atoms with van der Waals surface area (Å²) in [6.07, 6.45) is 0.261. The second kappa shape index (κ2) is 8.04.